The summed E-state index contributed by atoms with van der Waals surface area (Å²) in [5.41, 5.74) is 0. The molecule has 58 valence electrons. The highest BCUT2D eigenvalue weighted by Crippen LogP contribution is 2.22. The zero-order valence-corrected chi connectivity index (χ0v) is 7.89. The Bertz CT molecular complexity index is 147. The van der Waals surface area contributed by atoms with Gasteiger partial charge in [-0.05, 0) is 6.42 Å². The van der Waals surface area contributed by atoms with Gasteiger partial charge >= 0.3 is 0 Å². The molecule has 1 heterocycles. The second-order valence-electron chi connectivity index (χ2n) is 2.79. The largest absolute Gasteiger partial charge is 0.342 e. The third-order valence-corrected chi connectivity index (χ3v) is 2.69. The number of amides is 1. The van der Waals surface area contributed by atoms with Crippen molar-refractivity contribution >= 4 is 21.8 Å². The second kappa shape index (κ2) is 2.91. The van der Waals surface area contributed by atoms with Crippen molar-refractivity contribution < 1.29 is 4.79 Å². The molecule has 10 heavy (non-hydrogen) atoms. The first-order valence-electron chi connectivity index (χ1n) is 3.52. The van der Waals surface area contributed by atoms with Crippen molar-refractivity contribution in [1.82, 2.24) is 4.90 Å². The summed E-state index contributed by atoms with van der Waals surface area (Å²) in [6, 6.07) is 0.410. The van der Waals surface area contributed by atoms with Crippen molar-refractivity contribution in [2.75, 3.05) is 7.05 Å². The van der Waals surface area contributed by atoms with E-state index in [1.165, 1.54) is 0 Å². The number of likely N-dealkylation sites (tertiary alicyclic amines) is 1. The van der Waals surface area contributed by atoms with Crippen LogP contribution in [0.3, 0.4) is 0 Å². The summed E-state index contributed by atoms with van der Waals surface area (Å²) in [4.78, 5) is 13.2. The van der Waals surface area contributed by atoms with E-state index in [1.54, 1.807) is 0 Å². The Kier molecular flexibility index (Phi) is 2.34. The quantitative estimate of drug-likeness (QED) is 0.593. The molecule has 0 aromatic carbocycles. The minimum Gasteiger partial charge on any atom is -0.342 e. The van der Waals surface area contributed by atoms with Gasteiger partial charge in [0.15, 0.2) is 0 Å². The number of carbonyl (C=O) groups is 1. The van der Waals surface area contributed by atoms with Gasteiger partial charge in [0.1, 0.15) is 0 Å². The van der Waals surface area contributed by atoms with Gasteiger partial charge in [-0.25, -0.2) is 0 Å². The third-order valence-electron chi connectivity index (χ3n) is 2.08. The lowest BCUT2D eigenvalue weighted by Crippen LogP contribution is -2.33. The van der Waals surface area contributed by atoms with Crippen molar-refractivity contribution in [1.29, 1.82) is 0 Å². The molecule has 3 heteroatoms. The van der Waals surface area contributed by atoms with Crippen molar-refractivity contribution in [2.45, 2.75) is 30.6 Å². The van der Waals surface area contributed by atoms with Crippen LogP contribution in [0.15, 0.2) is 0 Å². The topological polar surface area (TPSA) is 20.3 Å². The predicted octanol–water partition coefficient (Wildman–Crippen LogP) is 1.39. The highest BCUT2D eigenvalue weighted by atomic mass is 79.9. The van der Waals surface area contributed by atoms with Crippen LogP contribution in [0.4, 0.5) is 0 Å². The smallest absolute Gasteiger partial charge is 0.222 e. The lowest BCUT2D eigenvalue weighted by Gasteiger charge is -2.21. The highest BCUT2D eigenvalue weighted by molar-refractivity contribution is 9.09. The molecule has 0 aliphatic carbocycles. The number of rotatable bonds is 1. The molecule has 1 aliphatic heterocycles. The minimum absolute atomic E-state index is 0.274. The highest BCUT2D eigenvalue weighted by Gasteiger charge is 2.30. The molecule has 0 aromatic heterocycles. The average molecular weight is 206 g/mol. The van der Waals surface area contributed by atoms with Crippen LogP contribution in [0.2, 0.25) is 0 Å². The van der Waals surface area contributed by atoms with E-state index in [0.717, 1.165) is 12.8 Å². The van der Waals surface area contributed by atoms with Crippen molar-refractivity contribution in [3.8, 4) is 0 Å². The van der Waals surface area contributed by atoms with Gasteiger partial charge in [0, 0.05) is 24.3 Å². The van der Waals surface area contributed by atoms with Crippen LogP contribution < -0.4 is 0 Å². The molecular weight excluding hydrogens is 194 g/mol. The molecule has 0 spiro atoms. The van der Waals surface area contributed by atoms with Gasteiger partial charge in [-0.1, -0.05) is 22.9 Å². The summed E-state index contributed by atoms with van der Waals surface area (Å²) in [5, 5.41) is 0. The molecular formula is C7H12BrNO. The van der Waals surface area contributed by atoms with Crippen molar-refractivity contribution in [3.63, 3.8) is 0 Å². The Morgan fingerprint density at radius 1 is 1.80 bits per heavy atom. The maximum absolute atomic E-state index is 11.0. The lowest BCUT2D eigenvalue weighted by molar-refractivity contribution is -0.127. The molecule has 0 aromatic rings. The van der Waals surface area contributed by atoms with Crippen LogP contribution in [-0.4, -0.2) is 28.7 Å². The van der Waals surface area contributed by atoms with Gasteiger partial charge in [-0.3, -0.25) is 4.79 Å². The van der Waals surface area contributed by atoms with E-state index in [-0.39, 0.29) is 5.91 Å². The van der Waals surface area contributed by atoms with E-state index >= 15 is 0 Å². The first kappa shape index (κ1) is 8.05. The van der Waals surface area contributed by atoms with Gasteiger partial charge in [0.25, 0.3) is 0 Å². The Labute approximate surface area is 69.7 Å². The van der Waals surface area contributed by atoms with E-state index < -0.39 is 0 Å². The molecule has 2 nitrogen and oxygen atoms in total. The minimum atomic E-state index is 0.274. The van der Waals surface area contributed by atoms with Crippen LogP contribution in [0.25, 0.3) is 0 Å². The number of alkyl halides is 1. The molecule has 0 saturated carbocycles. The maximum Gasteiger partial charge on any atom is 0.222 e. The van der Waals surface area contributed by atoms with Gasteiger partial charge in [-0.2, -0.15) is 0 Å². The summed E-state index contributed by atoms with van der Waals surface area (Å²) in [5.74, 6) is 0.274. The Morgan fingerprint density at radius 3 is 2.60 bits per heavy atom. The van der Waals surface area contributed by atoms with Crippen LogP contribution >= 0.6 is 15.9 Å². The lowest BCUT2D eigenvalue weighted by atomic mass is 10.2. The Balaban J connectivity index is 2.57. The summed E-state index contributed by atoms with van der Waals surface area (Å²) in [6.45, 7) is 2.08. The van der Waals surface area contributed by atoms with E-state index in [9.17, 15) is 4.79 Å². The van der Waals surface area contributed by atoms with Gasteiger partial charge < -0.3 is 4.90 Å². The van der Waals surface area contributed by atoms with Crippen molar-refractivity contribution in [2.24, 2.45) is 0 Å². The number of hydrogen-bond donors (Lipinski definition) is 0. The normalized spacial score (nSPS) is 29.3. The van der Waals surface area contributed by atoms with Crippen LogP contribution in [0.1, 0.15) is 19.8 Å². The maximum atomic E-state index is 11.0. The van der Waals surface area contributed by atoms with E-state index in [1.807, 2.05) is 11.9 Å². The zero-order chi connectivity index (χ0) is 7.72. The molecule has 1 fully saturated rings. The fourth-order valence-corrected chi connectivity index (χ4v) is 1.98. The molecule has 0 N–H and O–H groups in total. The van der Waals surface area contributed by atoms with E-state index in [2.05, 4.69) is 22.9 Å². The molecule has 0 bridgehead atoms. The average Bonchev–Trinajstić information content (AvgIpc) is 2.14. The number of halogens is 1. The van der Waals surface area contributed by atoms with Gasteiger partial charge in [0.05, 0.1) is 0 Å². The standard InChI is InChI=1S/C7H12BrNO/c1-5(8)6-3-4-7(10)9(6)2/h5-6H,3-4H2,1-2H3/t5-,6+/m0/s1. The van der Waals surface area contributed by atoms with Crippen LogP contribution in [0.5, 0.6) is 0 Å². The third kappa shape index (κ3) is 1.34. The van der Waals surface area contributed by atoms with Gasteiger partial charge in [0.2, 0.25) is 5.91 Å². The van der Waals surface area contributed by atoms with Crippen molar-refractivity contribution in [3.05, 3.63) is 0 Å². The molecule has 0 unspecified atom stereocenters. The van der Waals surface area contributed by atoms with Crippen LogP contribution in [0, 0.1) is 0 Å². The Hall–Kier alpha value is -0.0500. The van der Waals surface area contributed by atoms with Crippen LogP contribution in [-0.2, 0) is 4.79 Å². The molecule has 1 saturated heterocycles. The number of nitrogens with zero attached hydrogens (tertiary/aromatic N) is 1. The molecule has 1 aliphatic rings. The zero-order valence-electron chi connectivity index (χ0n) is 6.30. The Morgan fingerprint density at radius 2 is 2.40 bits per heavy atom. The molecule has 0 radical (unpaired) electrons. The summed E-state index contributed by atoms with van der Waals surface area (Å²) in [6.07, 6.45) is 1.72. The molecule has 2 atom stereocenters. The number of hydrogen-bond acceptors (Lipinski definition) is 1. The summed E-state index contributed by atoms with van der Waals surface area (Å²) in [7, 11) is 1.87. The number of carbonyl (C=O) groups excluding carboxylic acids is 1. The SMILES string of the molecule is C[C@H](Br)[C@H]1CCC(=O)N1C. The fraction of sp³-hybridized carbons (Fsp3) is 0.857. The first-order valence-corrected chi connectivity index (χ1v) is 4.44. The van der Waals surface area contributed by atoms with E-state index in [4.69, 9.17) is 0 Å². The summed E-state index contributed by atoms with van der Waals surface area (Å²) < 4.78 is 0. The fourth-order valence-electron chi connectivity index (χ4n) is 1.36. The summed E-state index contributed by atoms with van der Waals surface area (Å²) >= 11 is 3.48. The second-order valence-corrected chi connectivity index (χ2v) is 4.23. The first-order chi connectivity index (χ1) is 4.63. The molecule has 1 rings (SSSR count). The predicted molar refractivity (Wildman–Crippen MR) is 44.2 cm³/mol. The molecule has 1 amide bonds. The van der Waals surface area contributed by atoms with E-state index in [0.29, 0.717) is 10.9 Å². The monoisotopic (exact) mass is 205 g/mol. The van der Waals surface area contributed by atoms with Gasteiger partial charge in [-0.15, -0.1) is 0 Å².